The van der Waals surface area contributed by atoms with Crippen LogP contribution in [0.3, 0.4) is 0 Å². The number of pyridine rings is 1. The van der Waals surface area contributed by atoms with Gasteiger partial charge in [0.1, 0.15) is 0 Å². The minimum absolute atomic E-state index is 0.0323. The third kappa shape index (κ3) is 4.52. The third-order valence-corrected chi connectivity index (χ3v) is 4.97. The average Bonchev–Trinajstić information content (AvgIpc) is 3.02. The molecule has 2 aromatic heterocycles. The molecule has 0 radical (unpaired) electrons. The molecule has 2 N–H and O–H groups in total. The SMILES string of the molecule is CCc1ccc([C@H](C)NC(=O)CSc2nc3ncc(Cl)cc3[nH]2)cc1. The maximum absolute atomic E-state index is 12.2. The number of imidazole rings is 1. The highest BCUT2D eigenvalue weighted by molar-refractivity contribution is 7.99. The quantitative estimate of drug-likeness (QED) is 0.636. The highest BCUT2D eigenvalue weighted by atomic mass is 35.5. The maximum Gasteiger partial charge on any atom is 0.230 e. The second-order valence-electron chi connectivity index (χ2n) is 5.74. The van der Waals surface area contributed by atoms with Gasteiger partial charge in [-0.05, 0) is 30.5 Å². The van der Waals surface area contributed by atoms with Gasteiger partial charge in [0.2, 0.25) is 5.91 Å². The summed E-state index contributed by atoms with van der Waals surface area (Å²) in [5.74, 6) is 0.244. The molecule has 2 heterocycles. The molecule has 25 heavy (non-hydrogen) atoms. The van der Waals surface area contributed by atoms with Gasteiger partial charge in [0.05, 0.1) is 22.3 Å². The van der Waals surface area contributed by atoms with Gasteiger partial charge in [0.15, 0.2) is 10.8 Å². The number of nitrogens with zero attached hydrogens (tertiary/aromatic N) is 2. The number of rotatable bonds is 6. The Hall–Kier alpha value is -2.05. The molecule has 130 valence electrons. The van der Waals surface area contributed by atoms with E-state index in [1.165, 1.54) is 17.3 Å². The minimum atomic E-state index is -0.0384. The number of hydrogen-bond acceptors (Lipinski definition) is 4. The van der Waals surface area contributed by atoms with E-state index in [1.807, 2.05) is 6.92 Å². The summed E-state index contributed by atoms with van der Waals surface area (Å²) in [5.41, 5.74) is 3.74. The van der Waals surface area contributed by atoms with E-state index in [4.69, 9.17) is 11.6 Å². The van der Waals surface area contributed by atoms with E-state index in [-0.39, 0.29) is 17.7 Å². The summed E-state index contributed by atoms with van der Waals surface area (Å²) in [6, 6.07) is 10.0. The molecule has 0 spiro atoms. The highest BCUT2D eigenvalue weighted by Gasteiger charge is 2.12. The summed E-state index contributed by atoms with van der Waals surface area (Å²) in [7, 11) is 0. The Morgan fingerprint density at radius 1 is 1.36 bits per heavy atom. The van der Waals surface area contributed by atoms with Crippen LogP contribution in [0.5, 0.6) is 0 Å². The van der Waals surface area contributed by atoms with Crippen molar-refractivity contribution in [3.05, 3.63) is 52.7 Å². The minimum Gasteiger partial charge on any atom is -0.349 e. The monoisotopic (exact) mass is 374 g/mol. The summed E-state index contributed by atoms with van der Waals surface area (Å²) >= 11 is 7.25. The van der Waals surface area contributed by atoms with Crippen LogP contribution in [0.15, 0.2) is 41.7 Å². The number of amides is 1. The normalized spacial score (nSPS) is 12.3. The van der Waals surface area contributed by atoms with Crippen LogP contribution in [-0.2, 0) is 11.2 Å². The molecule has 0 aliphatic heterocycles. The van der Waals surface area contributed by atoms with Crippen molar-refractivity contribution in [1.29, 1.82) is 0 Å². The number of aryl methyl sites for hydroxylation is 1. The number of carbonyl (C=O) groups is 1. The summed E-state index contributed by atoms with van der Waals surface area (Å²) < 4.78 is 0. The van der Waals surface area contributed by atoms with Crippen LogP contribution < -0.4 is 5.32 Å². The van der Waals surface area contributed by atoms with Gasteiger partial charge in [-0.1, -0.05) is 54.6 Å². The van der Waals surface area contributed by atoms with Gasteiger partial charge in [0.25, 0.3) is 0 Å². The van der Waals surface area contributed by atoms with Gasteiger partial charge in [-0.2, -0.15) is 0 Å². The Balaban J connectivity index is 1.55. The lowest BCUT2D eigenvalue weighted by Crippen LogP contribution is -2.28. The average molecular weight is 375 g/mol. The maximum atomic E-state index is 12.2. The molecular formula is C18H19ClN4OS. The van der Waals surface area contributed by atoms with Crippen LogP contribution in [0.25, 0.3) is 11.2 Å². The van der Waals surface area contributed by atoms with Crippen molar-refractivity contribution in [1.82, 2.24) is 20.3 Å². The molecular weight excluding hydrogens is 356 g/mol. The zero-order chi connectivity index (χ0) is 17.8. The van der Waals surface area contributed by atoms with Gasteiger partial charge in [-0.25, -0.2) is 9.97 Å². The smallest absolute Gasteiger partial charge is 0.230 e. The van der Waals surface area contributed by atoms with Crippen LogP contribution in [0.2, 0.25) is 5.02 Å². The first kappa shape index (κ1) is 17.8. The van der Waals surface area contributed by atoms with Crippen LogP contribution in [-0.4, -0.2) is 26.6 Å². The molecule has 7 heteroatoms. The Bertz CT molecular complexity index is 878. The third-order valence-electron chi connectivity index (χ3n) is 3.89. The lowest BCUT2D eigenvalue weighted by atomic mass is 10.1. The van der Waals surface area contributed by atoms with Crippen LogP contribution >= 0.6 is 23.4 Å². The summed E-state index contributed by atoms with van der Waals surface area (Å²) in [4.78, 5) is 23.8. The van der Waals surface area contributed by atoms with Gasteiger partial charge in [0, 0.05) is 6.20 Å². The predicted octanol–water partition coefficient (Wildman–Crippen LogP) is 4.14. The van der Waals surface area contributed by atoms with E-state index >= 15 is 0 Å². The molecule has 1 atom stereocenters. The van der Waals surface area contributed by atoms with Crippen molar-refractivity contribution in [2.24, 2.45) is 0 Å². The van der Waals surface area contributed by atoms with E-state index < -0.39 is 0 Å². The molecule has 3 rings (SSSR count). The number of nitrogens with one attached hydrogen (secondary N) is 2. The number of fused-ring (bicyclic) bond motifs is 1. The van der Waals surface area contributed by atoms with Crippen molar-refractivity contribution < 1.29 is 4.79 Å². The molecule has 0 saturated heterocycles. The first-order chi connectivity index (χ1) is 12.0. The number of thioether (sulfide) groups is 1. The molecule has 1 amide bonds. The van der Waals surface area contributed by atoms with Gasteiger partial charge in [-0.15, -0.1) is 0 Å². The fraction of sp³-hybridized carbons (Fsp3) is 0.278. The summed E-state index contributed by atoms with van der Waals surface area (Å²) in [6.07, 6.45) is 2.56. The Labute approximate surface area is 155 Å². The standard InChI is InChI=1S/C18H19ClN4OS/c1-3-12-4-6-13(7-5-12)11(2)21-16(24)10-25-18-22-15-8-14(19)9-20-17(15)23-18/h4-9,11H,3,10H2,1-2H3,(H,21,24)(H,20,22,23)/t11-/m0/s1. The van der Waals surface area contributed by atoms with Crippen molar-refractivity contribution in [2.45, 2.75) is 31.5 Å². The lowest BCUT2D eigenvalue weighted by Gasteiger charge is -2.14. The number of carbonyl (C=O) groups excluding carboxylic acids is 1. The van der Waals surface area contributed by atoms with Crippen molar-refractivity contribution in [2.75, 3.05) is 5.75 Å². The molecule has 0 fully saturated rings. The van der Waals surface area contributed by atoms with E-state index in [0.29, 0.717) is 15.8 Å². The number of hydrogen-bond donors (Lipinski definition) is 2. The summed E-state index contributed by atoms with van der Waals surface area (Å²) in [5, 5.41) is 4.21. The Kier molecular flexibility index (Phi) is 5.60. The fourth-order valence-electron chi connectivity index (χ4n) is 2.46. The van der Waals surface area contributed by atoms with Gasteiger partial charge in [-0.3, -0.25) is 4.79 Å². The van der Waals surface area contributed by atoms with Crippen LogP contribution in [0.1, 0.15) is 31.0 Å². The summed E-state index contributed by atoms with van der Waals surface area (Å²) in [6.45, 7) is 4.11. The van der Waals surface area contributed by atoms with Gasteiger partial charge >= 0.3 is 0 Å². The molecule has 3 aromatic rings. The molecule has 0 aliphatic rings. The number of aromatic amines is 1. The Morgan fingerprint density at radius 2 is 2.12 bits per heavy atom. The number of halogens is 1. The van der Waals surface area contributed by atoms with Crippen LogP contribution in [0.4, 0.5) is 0 Å². The first-order valence-corrected chi connectivity index (χ1v) is 9.43. The zero-order valence-corrected chi connectivity index (χ0v) is 15.6. The second-order valence-corrected chi connectivity index (χ2v) is 7.14. The molecule has 0 aliphatic carbocycles. The zero-order valence-electron chi connectivity index (χ0n) is 14.0. The lowest BCUT2D eigenvalue weighted by molar-refractivity contribution is -0.119. The largest absolute Gasteiger partial charge is 0.349 e. The molecule has 5 nitrogen and oxygen atoms in total. The number of aromatic nitrogens is 3. The first-order valence-electron chi connectivity index (χ1n) is 8.07. The molecule has 1 aromatic carbocycles. The van der Waals surface area contributed by atoms with Crippen LogP contribution in [0, 0.1) is 0 Å². The van der Waals surface area contributed by atoms with E-state index in [9.17, 15) is 4.79 Å². The molecule has 0 saturated carbocycles. The van der Waals surface area contributed by atoms with Crippen molar-refractivity contribution in [3.8, 4) is 0 Å². The van der Waals surface area contributed by atoms with Gasteiger partial charge < -0.3 is 10.3 Å². The van der Waals surface area contributed by atoms with Crippen molar-refractivity contribution >= 4 is 40.4 Å². The topological polar surface area (TPSA) is 70.7 Å². The fourth-order valence-corrected chi connectivity index (χ4v) is 3.31. The Morgan fingerprint density at radius 3 is 2.84 bits per heavy atom. The molecule has 0 bridgehead atoms. The van der Waals surface area contributed by atoms with E-state index in [0.717, 1.165) is 17.5 Å². The second kappa shape index (κ2) is 7.89. The molecule has 0 unspecified atom stereocenters. The van der Waals surface area contributed by atoms with E-state index in [2.05, 4.69) is 51.5 Å². The van der Waals surface area contributed by atoms with E-state index in [1.54, 1.807) is 12.3 Å². The van der Waals surface area contributed by atoms with Crippen molar-refractivity contribution in [3.63, 3.8) is 0 Å². The predicted molar refractivity (Wildman–Crippen MR) is 102 cm³/mol. The number of H-pyrrole nitrogens is 1. The highest BCUT2D eigenvalue weighted by Crippen LogP contribution is 2.21. The number of benzene rings is 1.